The van der Waals surface area contributed by atoms with Crippen LogP contribution < -0.4 is 4.74 Å². The van der Waals surface area contributed by atoms with Crippen molar-refractivity contribution in [3.05, 3.63) is 65.7 Å². The number of carboxylic acid groups (broad SMARTS) is 1. The van der Waals surface area contributed by atoms with Crippen LogP contribution in [-0.2, 0) is 16.6 Å². The molecule has 0 saturated heterocycles. The maximum Gasteiger partial charge on any atom is 0.335 e. The van der Waals surface area contributed by atoms with E-state index < -0.39 is 16.8 Å². The van der Waals surface area contributed by atoms with Gasteiger partial charge in [0.2, 0.25) is 0 Å². The lowest BCUT2D eigenvalue weighted by Gasteiger charge is -2.06. The quantitative estimate of drug-likeness (QED) is 0.714. The molecule has 0 spiro atoms. The first-order chi connectivity index (χ1) is 11.1. The number of unbranched alkanes of at least 4 members (excludes halogenated alkanes) is 1. The lowest BCUT2D eigenvalue weighted by molar-refractivity contribution is 0.0696. The topological polar surface area (TPSA) is 63.6 Å². The average Bonchev–Trinajstić information content (AvgIpc) is 2.55. The molecular weight excluding hydrogens is 312 g/mol. The van der Waals surface area contributed by atoms with Crippen LogP contribution in [0.4, 0.5) is 0 Å². The molecule has 0 aliphatic carbocycles. The molecule has 0 aliphatic rings. The van der Waals surface area contributed by atoms with Crippen LogP contribution in [-0.4, -0.2) is 27.6 Å². The fourth-order valence-electron chi connectivity index (χ4n) is 2.12. The lowest BCUT2D eigenvalue weighted by Crippen LogP contribution is -2.05. The molecule has 2 aromatic rings. The lowest BCUT2D eigenvalue weighted by atomic mass is 10.1. The molecule has 4 nitrogen and oxygen atoms in total. The summed E-state index contributed by atoms with van der Waals surface area (Å²) < 4.78 is 17.6. The van der Waals surface area contributed by atoms with Crippen molar-refractivity contribution in [3.63, 3.8) is 0 Å². The van der Waals surface area contributed by atoms with Crippen LogP contribution in [0.2, 0.25) is 0 Å². The van der Waals surface area contributed by atoms with E-state index in [-0.39, 0.29) is 5.56 Å². The van der Waals surface area contributed by atoms with Crippen molar-refractivity contribution in [2.45, 2.75) is 18.6 Å². The molecule has 2 rings (SSSR count). The fourth-order valence-corrected chi connectivity index (χ4v) is 3.35. The number of aromatic carboxylic acids is 1. The predicted molar refractivity (Wildman–Crippen MR) is 91.3 cm³/mol. The first-order valence-electron chi connectivity index (χ1n) is 7.50. The van der Waals surface area contributed by atoms with E-state index in [0.717, 1.165) is 24.2 Å². The van der Waals surface area contributed by atoms with Crippen LogP contribution >= 0.6 is 0 Å². The largest absolute Gasteiger partial charge is 0.494 e. The standard InChI is InChI=1S/C18H20O4S/c19-18(20)16-8-6-7-15(13-16)14-23(21)12-5-4-11-22-17-9-2-1-3-10-17/h1-3,6-10,13H,4-5,11-12,14H2,(H,19,20). The van der Waals surface area contributed by atoms with E-state index in [2.05, 4.69) is 0 Å². The van der Waals surface area contributed by atoms with Crippen molar-refractivity contribution in [2.75, 3.05) is 12.4 Å². The number of carboxylic acids is 1. The first-order valence-corrected chi connectivity index (χ1v) is 8.99. The van der Waals surface area contributed by atoms with Gasteiger partial charge in [0, 0.05) is 22.3 Å². The molecule has 5 heteroatoms. The van der Waals surface area contributed by atoms with Crippen molar-refractivity contribution in [3.8, 4) is 5.75 Å². The predicted octanol–water partition coefficient (Wildman–Crippen LogP) is 3.49. The van der Waals surface area contributed by atoms with Crippen LogP contribution in [0.3, 0.4) is 0 Å². The summed E-state index contributed by atoms with van der Waals surface area (Å²) in [6.07, 6.45) is 1.66. The Bertz CT molecular complexity index is 655. The second-order valence-corrected chi connectivity index (χ2v) is 6.74. The van der Waals surface area contributed by atoms with Gasteiger partial charge < -0.3 is 9.84 Å². The molecule has 1 unspecified atom stereocenters. The van der Waals surface area contributed by atoms with Gasteiger partial charge in [-0.15, -0.1) is 0 Å². The van der Waals surface area contributed by atoms with Crippen molar-refractivity contribution in [2.24, 2.45) is 0 Å². The minimum atomic E-state index is -0.989. The van der Waals surface area contributed by atoms with Crippen LogP contribution in [0.15, 0.2) is 54.6 Å². The van der Waals surface area contributed by atoms with E-state index in [1.807, 2.05) is 36.4 Å². The summed E-state index contributed by atoms with van der Waals surface area (Å²) in [6.45, 7) is 0.607. The Kier molecular flexibility index (Phi) is 6.81. The van der Waals surface area contributed by atoms with Gasteiger partial charge in [-0.25, -0.2) is 4.79 Å². The Morgan fingerprint density at radius 2 is 1.83 bits per heavy atom. The third kappa shape index (κ3) is 6.24. The summed E-state index contributed by atoms with van der Waals surface area (Å²) in [7, 11) is -0.989. The molecule has 0 aromatic heterocycles. The summed E-state index contributed by atoms with van der Waals surface area (Å²) >= 11 is 0. The van der Waals surface area contributed by atoms with Gasteiger partial charge in [0.05, 0.1) is 12.2 Å². The van der Waals surface area contributed by atoms with Gasteiger partial charge in [-0.3, -0.25) is 4.21 Å². The second-order valence-electron chi connectivity index (χ2n) is 5.16. The summed E-state index contributed by atoms with van der Waals surface area (Å²) in [4.78, 5) is 10.9. The highest BCUT2D eigenvalue weighted by molar-refractivity contribution is 7.84. The zero-order valence-corrected chi connectivity index (χ0v) is 13.6. The van der Waals surface area contributed by atoms with Crippen LogP contribution in [0.1, 0.15) is 28.8 Å². The Hall–Kier alpha value is -2.14. The highest BCUT2D eigenvalue weighted by atomic mass is 32.2. The van der Waals surface area contributed by atoms with Crippen molar-refractivity contribution in [1.29, 1.82) is 0 Å². The number of ether oxygens (including phenoxy) is 1. The highest BCUT2D eigenvalue weighted by Crippen LogP contribution is 2.11. The highest BCUT2D eigenvalue weighted by Gasteiger charge is 2.06. The molecule has 0 fully saturated rings. The van der Waals surface area contributed by atoms with E-state index in [9.17, 15) is 9.00 Å². The maximum absolute atomic E-state index is 12.0. The summed E-state index contributed by atoms with van der Waals surface area (Å²) in [5.41, 5.74) is 1.03. The Labute approximate surface area is 138 Å². The van der Waals surface area contributed by atoms with Gasteiger partial charge in [-0.05, 0) is 42.7 Å². The fraction of sp³-hybridized carbons (Fsp3) is 0.278. The first kappa shape index (κ1) is 17.2. The van der Waals surface area contributed by atoms with Gasteiger partial charge in [0.1, 0.15) is 5.75 Å². The normalized spacial score (nSPS) is 11.8. The molecular formula is C18H20O4S. The molecule has 122 valence electrons. The van der Waals surface area contributed by atoms with Gasteiger partial charge in [-0.1, -0.05) is 30.3 Å². The van der Waals surface area contributed by atoms with Gasteiger partial charge >= 0.3 is 5.97 Å². The van der Waals surface area contributed by atoms with Crippen molar-refractivity contribution >= 4 is 16.8 Å². The summed E-state index contributed by atoms with van der Waals surface area (Å²) in [5, 5.41) is 8.95. The Balaban J connectivity index is 1.67. The Morgan fingerprint density at radius 3 is 2.57 bits per heavy atom. The molecule has 0 amide bonds. The number of benzene rings is 2. The minimum Gasteiger partial charge on any atom is -0.494 e. The number of carbonyl (C=O) groups is 1. The van der Waals surface area contributed by atoms with Crippen LogP contribution in [0.5, 0.6) is 5.75 Å². The summed E-state index contributed by atoms with van der Waals surface area (Å²) in [6, 6.07) is 16.2. The molecule has 0 aliphatic heterocycles. The number of hydrogen-bond donors (Lipinski definition) is 1. The monoisotopic (exact) mass is 332 g/mol. The molecule has 1 atom stereocenters. The number of para-hydroxylation sites is 1. The second kappa shape index (κ2) is 9.10. The van der Waals surface area contributed by atoms with Gasteiger partial charge in [0.25, 0.3) is 0 Å². The van der Waals surface area contributed by atoms with Gasteiger partial charge in [0.15, 0.2) is 0 Å². The molecule has 23 heavy (non-hydrogen) atoms. The zero-order chi connectivity index (χ0) is 16.5. The maximum atomic E-state index is 12.0. The molecule has 1 N–H and O–H groups in total. The molecule has 0 bridgehead atoms. The van der Waals surface area contributed by atoms with Crippen LogP contribution in [0.25, 0.3) is 0 Å². The summed E-state index contributed by atoms with van der Waals surface area (Å²) in [5.74, 6) is 0.866. The smallest absolute Gasteiger partial charge is 0.335 e. The van der Waals surface area contributed by atoms with Crippen molar-refractivity contribution < 1.29 is 18.8 Å². The van der Waals surface area contributed by atoms with E-state index in [4.69, 9.17) is 9.84 Å². The minimum absolute atomic E-state index is 0.232. The van der Waals surface area contributed by atoms with E-state index in [1.54, 1.807) is 12.1 Å². The van der Waals surface area contributed by atoms with Gasteiger partial charge in [-0.2, -0.15) is 0 Å². The van der Waals surface area contributed by atoms with E-state index >= 15 is 0 Å². The number of rotatable bonds is 9. The van der Waals surface area contributed by atoms with Crippen molar-refractivity contribution in [1.82, 2.24) is 0 Å². The number of hydrogen-bond acceptors (Lipinski definition) is 3. The van der Waals surface area contributed by atoms with Crippen LogP contribution in [0, 0.1) is 0 Å². The molecule has 0 radical (unpaired) electrons. The molecule has 2 aromatic carbocycles. The third-order valence-electron chi connectivity index (χ3n) is 3.28. The molecule has 0 heterocycles. The third-order valence-corrected chi connectivity index (χ3v) is 4.68. The zero-order valence-electron chi connectivity index (χ0n) is 12.8. The Morgan fingerprint density at radius 1 is 1.04 bits per heavy atom. The molecule has 0 saturated carbocycles. The SMILES string of the molecule is O=C(O)c1cccc(CS(=O)CCCCOc2ccccc2)c1. The van der Waals surface area contributed by atoms with E-state index in [0.29, 0.717) is 18.1 Å². The van der Waals surface area contributed by atoms with E-state index in [1.165, 1.54) is 6.07 Å². The average molecular weight is 332 g/mol.